The topological polar surface area (TPSA) is 250 Å². The maximum absolute atomic E-state index is 12.5. The lowest BCUT2D eigenvalue weighted by Crippen LogP contribution is -2.58. The van der Waals surface area contributed by atoms with Crippen LogP contribution in [0.25, 0.3) is 0 Å². The number of amides is 8. The quantitative estimate of drug-likeness (QED) is 0.0796. The van der Waals surface area contributed by atoms with Gasteiger partial charge in [-0.1, -0.05) is 0 Å². The molecule has 0 unspecified atom stereocenters. The van der Waals surface area contributed by atoms with Crippen molar-refractivity contribution >= 4 is 53.5 Å². The summed E-state index contributed by atoms with van der Waals surface area (Å²) in [5, 5.41) is 19.2. The van der Waals surface area contributed by atoms with Crippen LogP contribution >= 0.6 is 0 Å². The van der Waals surface area contributed by atoms with E-state index in [9.17, 15) is 43.2 Å². The molecule has 0 aliphatic heterocycles. The zero-order valence-corrected chi connectivity index (χ0v) is 25.9. The third kappa shape index (κ3) is 14.2. The van der Waals surface area contributed by atoms with Crippen LogP contribution in [0.15, 0.2) is 0 Å². The maximum Gasteiger partial charge on any atom is 0.242 e. The minimum absolute atomic E-state index is 0.420. The molecule has 242 valence electrons. The van der Waals surface area contributed by atoms with E-state index in [2.05, 4.69) is 42.5 Å². The zero-order chi connectivity index (χ0) is 33.6. The van der Waals surface area contributed by atoms with E-state index in [1.807, 2.05) is 0 Å². The standard InChI is InChI=1S/C26H44N8O9/c1-11(10-35)27-20(37)13(3)29-22(39)15(5)31-24(41)17(7)33-26(43)18(8)34-25(42)16(6)32-23(40)14(4)30-21(38)12(2)28-19(9)36/h10-18H,1-9H3,(H,27,37)(H,28,36)(H,29,39)(H,30,38)(H,31,41)(H,32,40)(H,33,43)(H,34,42)/t11-,12-,13-,14-,15-,16-,17-,18-/m0/s1. The Balaban J connectivity index is 4.78. The molecule has 0 aliphatic rings. The van der Waals surface area contributed by atoms with E-state index in [0.29, 0.717) is 6.29 Å². The van der Waals surface area contributed by atoms with Crippen molar-refractivity contribution in [2.24, 2.45) is 0 Å². The summed E-state index contributed by atoms with van der Waals surface area (Å²) in [4.78, 5) is 108. The lowest BCUT2D eigenvalue weighted by atomic mass is 10.2. The number of carbonyl (C=O) groups excluding carboxylic acids is 9. The van der Waals surface area contributed by atoms with Crippen LogP contribution < -0.4 is 42.5 Å². The second-order valence-electron chi connectivity index (χ2n) is 10.2. The summed E-state index contributed by atoms with van der Waals surface area (Å²) >= 11 is 0. The minimum Gasteiger partial charge on any atom is -0.345 e. The van der Waals surface area contributed by atoms with Crippen LogP contribution in [-0.4, -0.2) is 102 Å². The molecule has 0 saturated carbocycles. The molecule has 43 heavy (non-hydrogen) atoms. The Labute approximate surface area is 250 Å². The SMILES string of the molecule is CC(=O)N[C@@H](C)C(=O)N[C@@H](C)C(=O)N[C@@H](C)C(=O)N[C@@H](C)C(=O)N[C@@H](C)C(=O)N[C@@H](C)C(=O)N[C@@H](C)C(=O)N[C@@H](C)C=O. The molecule has 0 aliphatic carbocycles. The minimum atomic E-state index is -1.12. The maximum atomic E-state index is 12.5. The highest BCUT2D eigenvalue weighted by molar-refractivity contribution is 5.97. The number of aldehydes is 1. The van der Waals surface area contributed by atoms with Gasteiger partial charge < -0.3 is 47.3 Å². The summed E-state index contributed by atoms with van der Waals surface area (Å²) in [6.45, 7) is 12.4. The molecule has 0 bridgehead atoms. The van der Waals surface area contributed by atoms with Gasteiger partial charge >= 0.3 is 0 Å². The summed E-state index contributed by atoms with van der Waals surface area (Å²) in [6, 6.07) is -8.03. The largest absolute Gasteiger partial charge is 0.345 e. The highest BCUT2D eigenvalue weighted by atomic mass is 16.2. The molecule has 17 heteroatoms. The van der Waals surface area contributed by atoms with Gasteiger partial charge in [-0.3, -0.25) is 38.4 Å². The molecule has 0 aromatic rings. The van der Waals surface area contributed by atoms with E-state index in [4.69, 9.17) is 0 Å². The smallest absolute Gasteiger partial charge is 0.242 e. The summed E-state index contributed by atoms with van der Waals surface area (Å²) < 4.78 is 0. The first-order valence-corrected chi connectivity index (χ1v) is 13.7. The normalized spacial score (nSPS) is 16.1. The van der Waals surface area contributed by atoms with Crippen LogP contribution in [0, 0.1) is 0 Å². The van der Waals surface area contributed by atoms with Crippen LogP contribution in [0.3, 0.4) is 0 Å². The van der Waals surface area contributed by atoms with Gasteiger partial charge in [0.05, 0.1) is 6.04 Å². The van der Waals surface area contributed by atoms with Gasteiger partial charge in [-0.25, -0.2) is 0 Å². The predicted molar refractivity (Wildman–Crippen MR) is 153 cm³/mol. The van der Waals surface area contributed by atoms with Gasteiger partial charge in [0, 0.05) is 6.92 Å². The molecule has 0 aromatic carbocycles. The van der Waals surface area contributed by atoms with Gasteiger partial charge in [-0.05, 0) is 55.4 Å². The van der Waals surface area contributed by atoms with Gasteiger partial charge in [0.15, 0.2) is 0 Å². The summed E-state index contributed by atoms with van der Waals surface area (Å²) in [5.41, 5.74) is 0. The number of hydrogen-bond acceptors (Lipinski definition) is 9. The fourth-order valence-corrected chi connectivity index (χ4v) is 3.18. The van der Waals surface area contributed by atoms with Crippen molar-refractivity contribution in [1.29, 1.82) is 0 Å². The van der Waals surface area contributed by atoms with E-state index in [1.165, 1.54) is 62.3 Å². The van der Waals surface area contributed by atoms with Gasteiger partial charge in [0.25, 0.3) is 0 Å². The highest BCUT2D eigenvalue weighted by Gasteiger charge is 2.28. The molecule has 8 atom stereocenters. The van der Waals surface area contributed by atoms with Crippen LogP contribution in [-0.2, 0) is 43.2 Å². The van der Waals surface area contributed by atoms with E-state index < -0.39 is 95.6 Å². The molecule has 8 amide bonds. The molecule has 0 fully saturated rings. The van der Waals surface area contributed by atoms with Crippen LogP contribution in [0.2, 0.25) is 0 Å². The fraction of sp³-hybridized carbons (Fsp3) is 0.654. The van der Waals surface area contributed by atoms with E-state index >= 15 is 0 Å². The van der Waals surface area contributed by atoms with Crippen LogP contribution in [0.1, 0.15) is 62.3 Å². The van der Waals surface area contributed by atoms with E-state index in [1.54, 1.807) is 0 Å². The number of nitrogens with one attached hydrogen (secondary N) is 8. The van der Waals surface area contributed by atoms with Crippen molar-refractivity contribution in [2.45, 2.75) is 111 Å². The summed E-state index contributed by atoms with van der Waals surface area (Å²) in [5.74, 6) is -5.14. The van der Waals surface area contributed by atoms with Gasteiger partial charge in [0.2, 0.25) is 47.3 Å². The Morgan fingerprint density at radius 3 is 0.744 bits per heavy atom. The molecule has 8 N–H and O–H groups in total. The molecule has 17 nitrogen and oxygen atoms in total. The van der Waals surface area contributed by atoms with Crippen molar-refractivity contribution in [1.82, 2.24) is 42.5 Å². The lowest BCUT2D eigenvalue weighted by molar-refractivity contribution is -0.134. The Morgan fingerprint density at radius 2 is 0.558 bits per heavy atom. The van der Waals surface area contributed by atoms with Gasteiger partial charge in [-0.15, -0.1) is 0 Å². The monoisotopic (exact) mass is 612 g/mol. The second kappa shape index (κ2) is 18.1. The van der Waals surface area contributed by atoms with Crippen molar-refractivity contribution in [2.75, 3.05) is 0 Å². The molecule has 0 rings (SSSR count). The second-order valence-corrected chi connectivity index (χ2v) is 10.2. The Kier molecular flexibility index (Phi) is 16.2. The van der Waals surface area contributed by atoms with Gasteiger partial charge in [0.1, 0.15) is 48.6 Å². The third-order valence-electron chi connectivity index (χ3n) is 5.90. The Morgan fingerprint density at radius 1 is 0.372 bits per heavy atom. The van der Waals surface area contributed by atoms with Crippen molar-refractivity contribution in [3.05, 3.63) is 0 Å². The first-order chi connectivity index (χ1) is 19.8. The average molecular weight is 613 g/mol. The molecule has 0 heterocycles. The molecule has 0 spiro atoms. The Hall–Kier alpha value is -4.57. The number of carbonyl (C=O) groups is 9. The highest BCUT2D eigenvalue weighted by Crippen LogP contribution is 1.95. The van der Waals surface area contributed by atoms with Crippen molar-refractivity contribution in [3.8, 4) is 0 Å². The van der Waals surface area contributed by atoms with E-state index in [-0.39, 0.29) is 0 Å². The molecule has 0 radical (unpaired) electrons. The predicted octanol–water partition coefficient (Wildman–Crippen LogP) is -3.76. The number of hydrogen-bond donors (Lipinski definition) is 8. The molecule has 0 aromatic heterocycles. The Bertz CT molecular complexity index is 1080. The first kappa shape index (κ1) is 38.4. The lowest BCUT2D eigenvalue weighted by Gasteiger charge is -2.23. The fourth-order valence-electron chi connectivity index (χ4n) is 3.18. The average Bonchev–Trinajstić information content (AvgIpc) is 2.91. The van der Waals surface area contributed by atoms with Crippen LogP contribution in [0.4, 0.5) is 0 Å². The summed E-state index contributed by atoms with van der Waals surface area (Å²) in [7, 11) is 0. The molecule has 0 saturated heterocycles. The van der Waals surface area contributed by atoms with Crippen molar-refractivity contribution in [3.63, 3.8) is 0 Å². The first-order valence-electron chi connectivity index (χ1n) is 13.7. The molecular formula is C26H44N8O9. The van der Waals surface area contributed by atoms with E-state index in [0.717, 1.165) is 0 Å². The zero-order valence-electron chi connectivity index (χ0n) is 25.9. The summed E-state index contributed by atoms with van der Waals surface area (Å²) in [6.07, 6.45) is 0.528. The van der Waals surface area contributed by atoms with Gasteiger partial charge in [-0.2, -0.15) is 0 Å². The third-order valence-corrected chi connectivity index (χ3v) is 5.90. The molecular weight excluding hydrogens is 568 g/mol. The van der Waals surface area contributed by atoms with Crippen molar-refractivity contribution < 1.29 is 43.2 Å². The number of rotatable bonds is 16. The van der Waals surface area contributed by atoms with Crippen LogP contribution in [0.5, 0.6) is 0 Å².